The molecule has 4 heteroatoms. The Morgan fingerprint density at radius 2 is 1.95 bits per heavy atom. The lowest BCUT2D eigenvalue weighted by Gasteiger charge is -2.03. The van der Waals surface area contributed by atoms with Crippen molar-refractivity contribution in [3.8, 4) is 11.5 Å². The van der Waals surface area contributed by atoms with Crippen molar-refractivity contribution in [1.29, 1.82) is 0 Å². The van der Waals surface area contributed by atoms with E-state index in [9.17, 15) is 5.11 Å². The van der Waals surface area contributed by atoms with E-state index in [0.717, 1.165) is 17.7 Å². The van der Waals surface area contributed by atoms with Gasteiger partial charge in [-0.15, -0.1) is 0 Å². The van der Waals surface area contributed by atoms with Crippen LogP contribution in [-0.4, -0.2) is 18.8 Å². The second-order valence-electron chi connectivity index (χ2n) is 4.42. The van der Waals surface area contributed by atoms with Crippen LogP contribution in [0.5, 0.6) is 11.5 Å². The lowest BCUT2D eigenvalue weighted by Crippen LogP contribution is -2.36. The van der Waals surface area contributed by atoms with E-state index in [-0.39, 0.29) is 5.75 Å². The van der Waals surface area contributed by atoms with Crippen molar-refractivity contribution in [3.05, 3.63) is 53.9 Å². The first-order valence-corrected chi connectivity index (χ1v) is 6.47. The minimum absolute atomic E-state index is 0.203. The molecule has 104 valence electrons. The SMILES string of the molecule is COc1ccc(/C=C/c2cc[n+](CCN)cc2)c(O)c1. The molecular weight excluding hydrogens is 252 g/mol. The van der Waals surface area contributed by atoms with Crippen LogP contribution in [0.2, 0.25) is 0 Å². The van der Waals surface area contributed by atoms with Gasteiger partial charge in [-0.2, -0.15) is 0 Å². The second kappa shape index (κ2) is 6.73. The van der Waals surface area contributed by atoms with E-state index in [1.54, 1.807) is 13.2 Å². The maximum atomic E-state index is 9.87. The molecule has 20 heavy (non-hydrogen) atoms. The van der Waals surface area contributed by atoms with Gasteiger partial charge in [-0.25, -0.2) is 4.57 Å². The number of aromatic hydroxyl groups is 1. The lowest BCUT2D eigenvalue weighted by molar-refractivity contribution is -0.694. The highest BCUT2D eigenvalue weighted by molar-refractivity contribution is 5.72. The molecule has 0 unspecified atom stereocenters. The van der Waals surface area contributed by atoms with Crippen LogP contribution in [0, 0.1) is 0 Å². The number of rotatable bonds is 5. The highest BCUT2D eigenvalue weighted by atomic mass is 16.5. The van der Waals surface area contributed by atoms with Crippen LogP contribution in [-0.2, 0) is 6.54 Å². The normalized spacial score (nSPS) is 10.9. The Labute approximate surface area is 118 Å². The molecule has 3 N–H and O–H groups in total. The van der Waals surface area contributed by atoms with Crippen molar-refractivity contribution in [3.63, 3.8) is 0 Å². The first-order chi connectivity index (χ1) is 9.72. The second-order valence-corrected chi connectivity index (χ2v) is 4.42. The molecule has 2 aromatic rings. The number of ether oxygens (including phenoxy) is 1. The Hall–Kier alpha value is -2.33. The zero-order valence-electron chi connectivity index (χ0n) is 11.5. The number of nitrogens with two attached hydrogens (primary N) is 1. The Bertz CT molecular complexity index is 592. The van der Waals surface area contributed by atoms with Crippen molar-refractivity contribution >= 4 is 12.2 Å². The Kier molecular flexibility index (Phi) is 4.74. The van der Waals surface area contributed by atoms with Crippen LogP contribution >= 0.6 is 0 Å². The van der Waals surface area contributed by atoms with Gasteiger partial charge in [0.2, 0.25) is 0 Å². The summed E-state index contributed by atoms with van der Waals surface area (Å²) in [6, 6.07) is 9.25. The van der Waals surface area contributed by atoms with Crippen molar-refractivity contribution in [2.75, 3.05) is 13.7 Å². The summed E-state index contributed by atoms with van der Waals surface area (Å²) in [5, 5.41) is 9.87. The van der Waals surface area contributed by atoms with Crippen LogP contribution in [0.3, 0.4) is 0 Å². The molecule has 1 aromatic carbocycles. The molecule has 0 aliphatic heterocycles. The minimum Gasteiger partial charge on any atom is -0.507 e. The van der Waals surface area contributed by atoms with Crippen LogP contribution in [0.4, 0.5) is 0 Å². The van der Waals surface area contributed by atoms with E-state index >= 15 is 0 Å². The summed E-state index contributed by atoms with van der Waals surface area (Å²) in [6.45, 7) is 1.43. The summed E-state index contributed by atoms with van der Waals surface area (Å²) in [5.74, 6) is 0.844. The molecule has 2 rings (SSSR count). The quantitative estimate of drug-likeness (QED) is 0.815. The molecule has 0 spiro atoms. The maximum absolute atomic E-state index is 9.87. The molecule has 1 aromatic heterocycles. The lowest BCUT2D eigenvalue weighted by atomic mass is 10.1. The Balaban J connectivity index is 2.12. The number of phenolic OH excluding ortho intramolecular Hbond substituents is 1. The van der Waals surface area contributed by atoms with Gasteiger partial charge in [-0.1, -0.05) is 12.2 Å². The fourth-order valence-corrected chi connectivity index (χ4v) is 1.86. The van der Waals surface area contributed by atoms with Gasteiger partial charge < -0.3 is 15.6 Å². The Morgan fingerprint density at radius 1 is 1.20 bits per heavy atom. The summed E-state index contributed by atoms with van der Waals surface area (Å²) in [5.41, 5.74) is 7.32. The van der Waals surface area contributed by atoms with Gasteiger partial charge in [-0.3, -0.25) is 0 Å². The number of pyridine rings is 1. The molecule has 0 saturated heterocycles. The third kappa shape index (κ3) is 3.59. The molecule has 0 bridgehead atoms. The zero-order chi connectivity index (χ0) is 14.4. The summed E-state index contributed by atoms with van der Waals surface area (Å²) >= 11 is 0. The summed E-state index contributed by atoms with van der Waals surface area (Å²) in [6.07, 6.45) is 7.80. The van der Waals surface area contributed by atoms with Crippen molar-refractivity contribution in [2.24, 2.45) is 5.73 Å². The Morgan fingerprint density at radius 3 is 2.55 bits per heavy atom. The van der Waals surface area contributed by atoms with E-state index in [4.69, 9.17) is 10.5 Å². The van der Waals surface area contributed by atoms with Crippen LogP contribution in [0.25, 0.3) is 12.2 Å². The molecule has 0 aliphatic rings. The van der Waals surface area contributed by atoms with Crippen LogP contribution in [0.15, 0.2) is 42.7 Å². The number of hydrogen-bond donors (Lipinski definition) is 2. The fraction of sp³-hybridized carbons (Fsp3) is 0.188. The van der Waals surface area contributed by atoms with E-state index in [1.807, 2.05) is 53.4 Å². The number of benzene rings is 1. The van der Waals surface area contributed by atoms with E-state index < -0.39 is 0 Å². The van der Waals surface area contributed by atoms with Gasteiger partial charge in [0, 0.05) is 23.8 Å². The van der Waals surface area contributed by atoms with Crippen molar-refractivity contribution < 1.29 is 14.4 Å². The van der Waals surface area contributed by atoms with Gasteiger partial charge in [0.05, 0.1) is 13.7 Å². The average molecular weight is 271 g/mol. The van der Waals surface area contributed by atoms with E-state index in [0.29, 0.717) is 12.3 Å². The van der Waals surface area contributed by atoms with Gasteiger partial charge in [0.15, 0.2) is 18.9 Å². The molecule has 0 aliphatic carbocycles. The highest BCUT2D eigenvalue weighted by Gasteiger charge is 2.00. The molecular formula is C16H19N2O2+. The van der Waals surface area contributed by atoms with Crippen LogP contribution < -0.4 is 15.0 Å². The average Bonchev–Trinajstić information content (AvgIpc) is 2.48. The van der Waals surface area contributed by atoms with Gasteiger partial charge in [0.1, 0.15) is 11.5 Å². The maximum Gasteiger partial charge on any atom is 0.169 e. The van der Waals surface area contributed by atoms with Gasteiger partial charge >= 0.3 is 0 Å². The number of aromatic nitrogens is 1. The topological polar surface area (TPSA) is 59.4 Å². The third-order valence-corrected chi connectivity index (χ3v) is 3.00. The van der Waals surface area contributed by atoms with Gasteiger partial charge in [-0.05, 0) is 17.7 Å². The highest BCUT2D eigenvalue weighted by Crippen LogP contribution is 2.24. The predicted molar refractivity (Wildman–Crippen MR) is 79.3 cm³/mol. The fourth-order valence-electron chi connectivity index (χ4n) is 1.86. The molecule has 0 amide bonds. The van der Waals surface area contributed by atoms with E-state index in [2.05, 4.69) is 0 Å². The zero-order valence-corrected chi connectivity index (χ0v) is 11.5. The summed E-state index contributed by atoms with van der Waals surface area (Å²) < 4.78 is 7.08. The van der Waals surface area contributed by atoms with Crippen molar-refractivity contribution in [2.45, 2.75) is 6.54 Å². The smallest absolute Gasteiger partial charge is 0.169 e. The molecule has 0 fully saturated rings. The summed E-state index contributed by atoms with van der Waals surface area (Å²) in [4.78, 5) is 0. The number of nitrogens with zero attached hydrogens (tertiary/aromatic N) is 1. The molecule has 4 nitrogen and oxygen atoms in total. The molecule has 1 heterocycles. The molecule has 0 saturated carbocycles. The summed E-state index contributed by atoms with van der Waals surface area (Å²) in [7, 11) is 1.57. The first kappa shape index (κ1) is 14.1. The monoisotopic (exact) mass is 271 g/mol. The number of phenols is 1. The predicted octanol–water partition coefficient (Wildman–Crippen LogP) is 1.82. The number of methoxy groups -OCH3 is 1. The number of hydrogen-bond acceptors (Lipinski definition) is 3. The van der Waals surface area contributed by atoms with Crippen molar-refractivity contribution in [1.82, 2.24) is 0 Å². The molecule has 0 atom stereocenters. The first-order valence-electron chi connectivity index (χ1n) is 6.47. The standard InChI is InChI=1S/C16H18N2O2/c1-20-15-5-4-14(16(19)12-15)3-2-13-6-9-18(10-7-13)11-8-17/h2-7,9-10,12H,8,11,17H2,1H3/p+1. The third-order valence-electron chi connectivity index (χ3n) is 3.00. The van der Waals surface area contributed by atoms with Crippen LogP contribution in [0.1, 0.15) is 11.1 Å². The largest absolute Gasteiger partial charge is 0.507 e. The minimum atomic E-state index is 0.203. The van der Waals surface area contributed by atoms with E-state index in [1.165, 1.54) is 0 Å². The molecule has 0 radical (unpaired) electrons. The van der Waals surface area contributed by atoms with Gasteiger partial charge in [0.25, 0.3) is 0 Å².